The first kappa shape index (κ1) is 26.4. The second-order valence-corrected chi connectivity index (χ2v) is 10.0. The van der Waals surface area contributed by atoms with Crippen molar-refractivity contribution in [3.63, 3.8) is 0 Å². The Bertz CT molecular complexity index is 1740. The van der Waals surface area contributed by atoms with E-state index in [0.717, 1.165) is 33.2 Å². The number of esters is 1. The van der Waals surface area contributed by atoms with Crippen LogP contribution in [0.3, 0.4) is 0 Å². The van der Waals surface area contributed by atoms with Crippen molar-refractivity contribution < 1.29 is 23.8 Å². The van der Waals surface area contributed by atoms with Crippen LogP contribution in [0.2, 0.25) is 0 Å². The van der Waals surface area contributed by atoms with Gasteiger partial charge in [-0.15, -0.1) is 0 Å². The molecule has 0 amide bonds. The molecule has 206 valence electrons. The average molecular weight is 546 g/mol. The molecule has 6 heteroatoms. The zero-order valence-electron chi connectivity index (χ0n) is 23.3. The van der Waals surface area contributed by atoms with Crippen LogP contribution >= 0.6 is 0 Å². The smallest absolute Gasteiger partial charge is 0.336 e. The van der Waals surface area contributed by atoms with Gasteiger partial charge in [0.05, 0.1) is 24.5 Å². The molecule has 0 saturated heterocycles. The number of dihydropyridines is 1. The highest BCUT2D eigenvalue weighted by molar-refractivity contribution is 6.23. The molecule has 0 radical (unpaired) electrons. The van der Waals surface area contributed by atoms with Gasteiger partial charge < -0.3 is 19.5 Å². The molecule has 0 fully saturated rings. The molecule has 0 saturated carbocycles. The molecule has 1 aliphatic carbocycles. The number of ketones is 1. The molecule has 0 spiro atoms. The van der Waals surface area contributed by atoms with Gasteiger partial charge in [-0.05, 0) is 54.8 Å². The number of benzene rings is 4. The molecule has 2 aliphatic rings. The molecule has 4 aromatic rings. The minimum Gasteiger partial charge on any atom is -0.490 e. The van der Waals surface area contributed by atoms with Crippen LogP contribution in [-0.2, 0) is 16.1 Å². The van der Waals surface area contributed by atoms with Gasteiger partial charge >= 0.3 is 5.97 Å². The second kappa shape index (κ2) is 11.0. The minimum absolute atomic E-state index is 0.100. The summed E-state index contributed by atoms with van der Waals surface area (Å²) in [5.74, 6) is -0.0407. The number of nitrogens with one attached hydrogen (secondary N) is 1. The number of carbonyl (C=O) groups excluding carboxylic acids is 2. The van der Waals surface area contributed by atoms with E-state index >= 15 is 0 Å². The van der Waals surface area contributed by atoms with Gasteiger partial charge in [0.1, 0.15) is 6.61 Å². The highest BCUT2D eigenvalue weighted by atomic mass is 16.5. The van der Waals surface area contributed by atoms with Crippen LogP contribution in [0.5, 0.6) is 11.5 Å². The van der Waals surface area contributed by atoms with E-state index in [0.29, 0.717) is 47.1 Å². The lowest BCUT2D eigenvalue weighted by molar-refractivity contribution is -0.138. The summed E-state index contributed by atoms with van der Waals surface area (Å²) in [6.07, 6.45) is 0. The van der Waals surface area contributed by atoms with Crippen LogP contribution < -0.4 is 14.8 Å². The van der Waals surface area contributed by atoms with Gasteiger partial charge in [0.2, 0.25) is 0 Å². The maximum atomic E-state index is 13.8. The molecular weight excluding hydrogens is 514 g/mol. The SMILES string of the molecule is CCOC(=O)C1=C(C)NC2=C(C(=O)c3ccccc32)[C@H]1c1ccc(OCc2cccc3ccccc23)c(OCC)c1. The maximum Gasteiger partial charge on any atom is 0.336 e. The number of fused-ring (bicyclic) bond motifs is 3. The van der Waals surface area contributed by atoms with Crippen LogP contribution in [0.4, 0.5) is 0 Å². The Morgan fingerprint density at radius 2 is 1.59 bits per heavy atom. The zero-order chi connectivity index (χ0) is 28.5. The van der Waals surface area contributed by atoms with Crippen LogP contribution in [0.15, 0.2) is 102 Å². The number of rotatable bonds is 8. The molecule has 41 heavy (non-hydrogen) atoms. The zero-order valence-corrected chi connectivity index (χ0v) is 23.3. The molecule has 4 aromatic carbocycles. The third kappa shape index (κ3) is 4.65. The van der Waals surface area contributed by atoms with Crippen molar-refractivity contribution in [1.82, 2.24) is 5.32 Å². The van der Waals surface area contributed by atoms with Crippen molar-refractivity contribution in [1.29, 1.82) is 0 Å². The van der Waals surface area contributed by atoms with E-state index in [1.807, 2.05) is 74.5 Å². The summed E-state index contributed by atoms with van der Waals surface area (Å²) in [4.78, 5) is 27.1. The first-order chi connectivity index (χ1) is 20.0. The summed E-state index contributed by atoms with van der Waals surface area (Å²) in [6.45, 7) is 6.56. The van der Waals surface area contributed by atoms with Gasteiger partial charge in [-0.3, -0.25) is 4.79 Å². The lowest BCUT2D eigenvalue weighted by Crippen LogP contribution is -2.29. The van der Waals surface area contributed by atoms with Crippen LogP contribution in [0.25, 0.3) is 16.5 Å². The molecule has 1 atom stereocenters. The number of hydrogen-bond acceptors (Lipinski definition) is 6. The van der Waals surface area contributed by atoms with Crippen molar-refractivity contribution in [2.75, 3.05) is 13.2 Å². The van der Waals surface area contributed by atoms with Gasteiger partial charge in [-0.2, -0.15) is 0 Å². The molecule has 6 rings (SSSR count). The predicted molar refractivity (Wildman–Crippen MR) is 159 cm³/mol. The Balaban J connectivity index is 1.41. The van der Waals surface area contributed by atoms with E-state index < -0.39 is 11.9 Å². The van der Waals surface area contributed by atoms with E-state index in [2.05, 4.69) is 29.6 Å². The number of ether oxygens (including phenoxy) is 3. The Kier molecular flexibility index (Phi) is 7.06. The van der Waals surface area contributed by atoms with Crippen LogP contribution in [0.1, 0.15) is 53.7 Å². The lowest BCUT2D eigenvalue weighted by Gasteiger charge is -2.29. The lowest BCUT2D eigenvalue weighted by atomic mass is 9.79. The standard InChI is InChI=1S/C35H31NO5/c1-4-39-29-19-23(17-18-28(29)41-20-24-13-10-12-22-11-6-7-14-25(22)24)31-30(35(38)40-5-2)21(3)36-33-26-15-8-9-16-27(26)34(37)32(31)33/h6-19,31,36H,4-5,20H2,1-3H3/t31-/m0/s1. The molecule has 1 heterocycles. The van der Waals surface area contributed by atoms with Crippen molar-refractivity contribution in [2.45, 2.75) is 33.3 Å². The molecule has 0 bridgehead atoms. The van der Waals surface area contributed by atoms with Gasteiger partial charge in [-0.1, -0.05) is 72.8 Å². The number of allylic oxidation sites excluding steroid dienone is 2. The first-order valence-electron chi connectivity index (χ1n) is 13.9. The van der Waals surface area contributed by atoms with E-state index in [4.69, 9.17) is 14.2 Å². The van der Waals surface area contributed by atoms with E-state index in [1.54, 1.807) is 6.92 Å². The highest BCUT2D eigenvalue weighted by Gasteiger charge is 2.43. The van der Waals surface area contributed by atoms with Crippen LogP contribution in [-0.4, -0.2) is 25.0 Å². The van der Waals surface area contributed by atoms with Crippen molar-refractivity contribution >= 4 is 28.2 Å². The largest absolute Gasteiger partial charge is 0.490 e. The van der Waals surface area contributed by atoms with Gasteiger partial charge in [0, 0.05) is 28.3 Å². The first-order valence-corrected chi connectivity index (χ1v) is 13.9. The van der Waals surface area contributed by atoms with Crippen LogP contribution in [0, 0.1) is 0 Å². The monoisotopic (exact) mass is 545 g/mol. The van der Waals surface area contributed by atoms with E-state index in [1.165, 1.54) is 0 Å². The minimum atomic E-state index is -0.628. The number of hydrogen-bond donors (Lipinski definition) is 1. The summed E-state index contributed by atoms with van der Waals surface area (Å²) in [6, 6.07) is 27.5. The highest BCUT2D eigenvalue weighted by Crippen LogP contribution is 2.48. The Morgan fingerprint density at radius 3 is 2.39 bits per heavy atom. The van der Waals surface area contributed by atoms with Crippen molar-refractivity contribution in [3.8, 4) is 11.5 Å². The third-order valence-corrected chi connectivity index (χ3v) is 7.61. The molecule has 0 aromatic heterocycles. The number of carbonyl (C=O) groups is 2. The summed E-state index contributed by atoms with van der Waals surface area (Å²) in [7, 11) is 0. The maximum absolute atomic E-state index is 13.8. The predicted octanol–water partition coefficient (Wildman–Crippen LogP) is 6.95. The quantitative estimate of drug-likeness (QED) is 0.242. The fourth-order valence-corrected chi connectivity index (χ4v) is 5.81. The van der Waals surface area contributed by atoms with E-state index in [9.17, 15) is 9.59 Å². The molecule has 6 nitrogen and oxygen atoms in total. The van der Waals surface area contributed by atoms with E-state index in [-0.39, 0.29) is 12.4 Å². The van der Waals surface area contributed by atoms with Gasteiger partial charge in [0.25, 0.3) is 0 Å². The summed E-state index contributed by atoms with van der Waals surface area (Å²) < 4.78 is 17.8. The molecule has 1 aliphatic heterocycles. The normalized spacial score (nSPS) is 15.9. The Labute approximate surface area is 239 Å². The number of Topliss-reactive ketones (excluding diaryl/α,β-unsaturated/α-hetero) is 1. The summed E-state index contributed by atoms with van der Waals surface area (Å²) in [5.41, 5.74) is 5.61. The van der Waals surface area contributed by atoms with Crippen molar-refractivity contribution in [2.24, 2.45) is 0 Å². The Hall–Kier alpha value is -4.84. The Morgan fingerprint density at radius 1 is 0.829 bits per heavy atom. The fraction of sp³-hybridized carbons (Fsp3) is 0.200. The molecule has 1 N–H and O–H groups in total. The van der Waals surface area contributed by atoms with Gasteiger partial charge in [-0.25, -0.2) is 4.79 Å². The fourth-order valence-electron chi connectivity index (χ4n) is 5.81. The van der Waals surface area contributed by atoms with Gasteiger partial charge in [0.15, 0.2) is 17.3 Å². The third-order valence-electron chi connectivity index (χ3n) is 7.61. The summed E-state index contributed by atoms with van der Waals surface area (Å²) in [5, 5.41) is 5.63. The second-order valence-electron chi connectivity index (χ2n) is 10.0. The average Bonchev–Trinajstić information content (AvgIpc) is 3.27. The molecular formula is C35H31NO5. The molecule has 0 unspecified atom stereocenters. The summed E-state index contributed by atoms with van der Waals surface area (Å²) >= 11 is 0. The topological polar surface area (TPSA) is 73.9 Å². The van der Waals surface area contributed by atoms with Crippen molar-refractivity contribution in [3.05, 3.63) is 124 Å².